The maximum absolute atomic E-state index is 12.6. The van der Waals surface area contributed by atoms with Gasteiger partial charge >= 0.3 is 0 Å². The zero-order valence-corrected chi connectivity index (χ0v) is 27.4. The zero-order chi connectivity index (χ0) is 31.9. The van der Waals surface area contributed by atoms with E-state index < -0.39 is 0 Å². The molecule has 0 spiro atoms. The molecule has 0 heterocycles. The van der Waals surface area contributed by atoms with Gasteiger partial charge in [-0.2, -0.15) is 0 Å². The van der Waals surface area contributed by atoms with Crippen LogP contribution in [0.25, 0.3) is 34.4 Å². The average molecular weight is 595 g/mol. The van der Waals surface area contributed by atoms with E-state index in [-0.39, 0.29) is 16.2 Å². The summed E-state index contributed by atoms with van der Waals surface area (Å²) in [5.74, 6) is 0. The number of carbonyl (C=O) groups is 3. The molecular formula is C42H42O3. The van der Waals surface area contributed by atoms with Crippen molar-refractivity contribution in [3.8, 4) is 11.1 Å². The van der Waals surface area contributed by atoms with Crippen molar-refractivity contribution < 1.29 is 14.4 Å². The van der Waals surface area contributed by atoms with Gasteiger partial charge < -0.3 is 0 Å². The molecule has 228 valence electrons. The van der Waals surface area contributed by atoms with Gasteiger partial charge in [0.2, 0.25) is 0 Å². The molecule has 0 atom stereocenters. The highest BCUT2D eigenvalue weighted by Crippen LogP contribution is 2.54. The Morgan fingerprint density at radius 2 is 1.16 bits per heavy atom. The van der Waals surface area contributed by atoms with Gasteiger partial charge in [-0.05, 0) is 122 Å². The van der Waals surface area contributed by atoms with Crippen LogP contribution in [0.5, 0.6) is 0 Å². The van der Waals surface area contributed by atoms with Gasteiger partial charge in [0.1, 0.15) is 6.29 Å². The van der Waals surface area contributed by atoms with E-state index in [4.69, 9.17) is 0 Å². The first-order valence-corrected chi connectivity index (χ1v) is 16.9. The van der Waals surface area contributed by atoms with Crippen molar-refractivity contribution in [2.75, 3.05) is 0 Å². The Bertz CT molecular complexity index is 2110. The van der Waals surface area contributed by atoms with Gasteiger partial charge in [0.15, 0.2) is 12.6 Å². The molecule has 5 aliphatic rings. The van der Waals surface area contributed by atoms with E-state index in [1.165, 1.54) is 54.3 Å². The van der Waals surface area contributed by atoms with Gasteiger partial charge in [0.25, 0.3) is 0 Å². The summed E-state index contributed by atoms with van der Waals surface area (Å²) in [5, 5.41) is 4.89. The lowest BCUT2D eigenvalue weighted by molar-refractivity contribution is -0.105. The van der Waals surface area contributed by atoms with Crippen molar-refractivity contribution in [3.05, 3.63) is 102 Å². The first kappa shape index (κ1) is 29.6. The molecule has 0 aliphatic heterocycles. The predicted molar refractivity (Wildman–Crippen MR) is 183 cm³/mol. The first-order chi connectivity index (χ1) is 21.8. The Morgan fingerprint density at radius 3 is 1.64 bits per heavy atom. The Hall–Kier alpha value is -4.11. The third-order valence-corrected chi connectivity index (χ3v) is 12.4. The van der Waals surface area contributed by atoms with Crippen molar-refractivity contribution in [1.82, 2.24) is 0 Å². The lowest BCUT2D eigenvalue weighted by Gasteiger charge is -2.35. The van der Waals surface area contributed by atoms with Gasteiger partial charge in [-0.25, -0.2) is 0 Å². The third-order valence-electron chi connectivity index (χ3n) is 12.4. The fraction of sp³-hybridized carbons (Fsp3) is 0.357. The summed E-state index contributed by atoms with van der Waals surface area (Å²) >= 11 is 0. The third kappa shape index (κ3) is 3.45. The van der Waals surface area contributed by atoms with Gasteiger partial charge in [0.05, 0.1) is 0 Å². The predicted octanol–water partition coefficient (Wildman–Crippen LogP) is 6.22. The van der Waals surface area contributed by atoms with E-state index in [1.54, 1.807) is 0 Å². The van der Waals surface area contributed by atoms with Crippen LogP contribution in [0.3, 0.4) is 0 Å². The highest BCUT2D eigenvalue weighted by molar-refractivity contribution is 6.03. The molecule has 0 bridgehead atoms. The molecule has 5 aliphatic carbocycles. The Kier molecular flexibility index (Phi) is 6.71. The van der Waals surface area contributed by atoms with Crippen LogP contribution in [0.15, 0.2) is 64.8 Å². The number of hydrogen-bond acceptors (Lipinski definition) is 3. The van der Waals surface area contributed by atoms with Crippen LogP contribution >= 0.6 is 0 Å². The molecule has 0 unspecified atom stereocenters. The summed E-state index contributed by atoms with van der Waals surface area (Å²) in [6, 6.07) is 6.23. The molecule has 0 saturated carbocycles. The van der Waals surface area contributed by atoms with Gasteiger partial charge in [0, 0.05) is 33.0 Å². The van der Waals surface area contributed by atoms with Crippen LogP contribution in [0.1, 0.15) is 102 Å². The van der Waals surface area contributed by atoms with E-state index in [1.807, 2.05) is 18.2 Å². The molecule has 2 aromatic rings. The molecule has 0 aromatic heterocycles. The van der Waals surface area contributed by atoms with Gasteiger partial charge in [-0.15, -0.1) is 0 Å². The summed E-state index contributed by atoms with van der Waals surface area (Å²) in [5.41, 5.74) is 11.0. The summed E-state index contributed by atoms with van der Waals surface area (Å²) in [4.78, 5) is 37.4. The summed E-state index contributed by atoms with van der Waals surface area (Å²) in [7, 11) is 0. The average Bonchev–Trinajstić information content (AvgIpc) is 3.76. The second-order valence-corrected chi connectivity index (χ2v) is 13.4. The molecule has 7 rings (SSSR count). The first-order valence-electron chi connectivity index (χ1n) is 16.9. The van der Waals surface area contributed by atoms with Crippen molar-refractivity contribution in [2.45, 2.75) is 85.5 Å². The van der Waals surface area contributed by atoms with Crippen molar-refractivity contribution in [3.63, 3.8) is 0 Å². The lowest BCUT2D eigenvalue weighted by atomic mass is 9.68. The van der Waals surface area contributed by atoms with Gasteiger partial charge in [-0.3, -0.25) is 14.4 Å². The minimum absolute atomic E-state index is 0.207. The van der Waals surface area contributed by atoms with E-state index in [0.717, 1.165) is 79.7 Å². The zero-order valence-electron chi connectivity index (χ0n) is 27.4. The number of aldehydes is 3. The minimum atomic E-state index is -0.296. The van der Waals surface area contributed by atoms with Gasteiger partial charge in [-0.1, -0.05) is 78.0 Å². The van der Waals surface area contributed by atoms with Crippen LogP contribution in [-0.4, -0.2) is 18.9 Å². The van der Waals surface area contributed by atoms with Crippen molar-refractivity contribution >= 4 is 42.2 Å². The van der Waals surface area contributed by atoms with Crippen LogP contribution in [0, 0.1) is 10.8 Å². The highest BCUT2D eigenvalue weighted by Gasteiger charge is 2.47. The normalized spacial score (nSPS) is 20.1. The summed E-state index contributed by atoms with van der Waals surface area (Å²) in [6.45, 7) is 13.6. The minimum Gasteiger partial charge on any atom is -0.298 e. The molecular weight excluding hydrogens is 552 g/mol. The molecule has 0 saturated heterocycles. The Labute approximate surface area is 265 Å². The lowest BCUT2D eigenvalue weighted by Crippen LogP contribution is -2.53. The summed E-state index contributed by atoms with van der Waals surface area (Å²) < 4.78 is 0. The largest absolute Gasteiger partial charge is 0.298 e. The number of carbonyl (C=O) groups excluding carboxylic acids is 3. The molecule has 3 heteroatoms. The molecule has 45 heavy (non-hydrogen) atoms. The van der Waals surface area contributed by atoms with Crippen LogP contribution in [-0.2, 0) is 15.0 Å². The quantitative estimate of drug-likeness (QED) is 0.324. The number of benzene rings is 2. The van der Waals surface area contributed by atoms with E-state index in [9.17, 15) is 14.4 Å². The Balaban J connectivity index is 1.87. The molecule has 0 radical (unpaired) electrons. The molecule has 3 nitrogen and oxygen atoms in total. The number of hydrogen-bond donors (Lipinski definition) is 0. The van der Waals surface area contributed by atoms with E-state index >= 15 is 0 Å². The maximum Gasteiger partial charge on any atom is 0.150 e. The number of fused-ring (bicyclic) bond motifs is 10. The summed E-state index contributed by atoms with van der Waals surface area (Å²) in [6.07, 6.45) is 21.7. The number of rotatable bonds is 9. The van der Waals surface area contributed by atoms with Crippen LogP contribution in [0.4, 0.5) is 0 Å². The van der Waals surface area contributed by atoms with Crippen molar-refractivity contribution in [1.29, 1.82) is 0 Å². The topological polar surface area (TPSA) is 51.2 Å². The SMILES string of the molecule is CCC1(CC)C=CC(C=O)=C2C=c3c(c4c(c5c3=C3C(=C(C=O)C=CC3(CC)CC)C=5)C(CC)(CC)c3cc(C=O)ccc3-4)=C21. The molecule has 0 N–H and O–H groups in total. The smallest absolute Gasteiger partial charge is 0.150 e. The highest BCUT2D eigenvalue weighted by atomic mass is 16.1. The van der Waals surface area contributed by atoms with Crippen LogP contribution in [0.2, 0.25) is 0 Å². The second-order valence-electron chi connectivity index (χ2n) is 13.4. The van der Waals surface area contributed by atoms with E-state index in [2.05, 4.69) is 78.0 Å². The number of allylic oxidation sites excluding steroid dienone is 8. The maximum atomic E-state index is 12.6. The molecule has 0 amide bonds. The fourth-order valence-corrected chi connectivity index (χ4v) is 9.66. The monoisotopic (exact) mass is 594 g/mol. The second kappa shape index (κ2) is 10.2. The van der Waals surface area contributed by atoms with E-state index in [0.29, 0.717) is 5.56 Å². The fourth-order valence-electron chi connectivity index (χ4n) is 9.66. The molecule has 2 aromatic carbocycles. The van der Waals surface area contributed by atoms with Crippen LogP contribution < -0.4 is 20.9 Å². The Morgan fingerprint density at radius 1 is 0.622 bits per heavy atom. The molecule has 0 fully saturated rings. The standard InChI is InChI=1S/C42H42O3/c1-7-40(8-2)17-15-27(24-45)30-21-32-34(37(30)40)31-20-29-26(23-44)16-18-41(9-3,10-4)38(29)36(31)35-28-14-13-25(22-43)19-33(28)42(11-5,12-6)39(32)35/h13-24H,7-12H2,1-6H3. The van der Waals surface area contributed by atoms with Crippen molar-refractivity contribution in [2.24, 2.45) is 10.8 Å².